The minimum Gasteiger partial charge on any atom is -0.465 e. The Labute approximate surface area is 219 Å². The lowest BCUT2D eigenvalue weighted by atomic mass is 9.91. The lowest BCUT2D eigenvalue weighted by Crippen LogP contribution is -2.11. The summed E-state index contributed by atoms with van der Waals surface area (Å²) in [5.74, 6) is -0.541. The molecule has 0 aliphatic carbocycles. The van der Waals surface area contributed by atoms with Crippen molar-refractivity contribution in [1.82, 2.24) is 4.98 Å². The molecule has 6 aromatic rings. The third-order valence-electron chi connectivity index (χ3n) is 6.64. The SMILES string of the molecule is COC(=O)c1ccc(C(=O)Oc2c(-c3ccccc3)c(-c3ccccc3)cc3c2[nH]c2ccccc23)cc1. The summed E-state index contributed by atoms with van der Waals surface area (Å²) in [7, 11) is 1.32. The number of rotatable bonds is 5. The van der Waals surface area contributed by atoms with E-state index >= 15 is 0 Å². The molecule has 184 valence electrons. The first-order valence-corrected chi connectivity index (χ1v) is 12.2. The second-order valence-corrected chi connectivity index (χ2v) is 8.91. The second-order valence-electron chi connectivity index (χ2n) is 8.91. The fourth-order valence-electron chi connectivity index (χ4n) is 4.81. The van der Waals surface area contributed by atoms with E-state index in [4.69, 9.17) is 9.47 Å². The molecule has 1 aromatic heterocycles. The van der Waals surface area contributed by atoms with E-state index in [9.17, 15) is 9.59 Å². The van der Waals surface area contributed by atoms with Crippen LogP contribution in [0.4, 0.5) is 0 Å². The van der Waals surface area contributed by atoms with Gasteiger partial charge in [0, 0.05) is 21.9 Å². The van der Waals surface area contributed by atoms with Crippen molar-refractivity contribution in [2.24, 2.45) is 0 Å². The summed E-state index contributed by atoms with van der Waals surface area (Å²) >= 11 is 0. The van der Waals surface area contributed by atoms with Crippen LogP contribution in [0, 0.1) is 0 Å². The molecule has 0 atom stereocenters. The molecule has 0 saturated carbocycles. The Hall–Kier alpha value is -5.16. The van der Waals surface area contributed by atoms with Gasteiger partial charge in [-0.05, 0) is 53.1 Å². The summed E-state index contributed by atoms with van der Waals surface area (Å²) in [5.41, 5.74) is 6.09. The van der Waals surface area contributed by atoms with Gasteiger partial charge in [0.25, 0.3) is 0 Å². The van der Waals surface area contributed by atoms with Crippen molar-refractivity contribution in [3.8, 4) is 28.0 Å². The molecule has 0 amide bonds. The number of ether oxygens (including phenoxy) is 2. The van der Waals surface area contributed by atoms with Crippen LogP contribution in [0.25, 0.3) is 44.1 Å². The smallest absolute Gasteiger partial charge is 0.343 e. The molecular weight excluding hydrogens is 474 g/mol. The van der Waals surface area contributed by atoms with Gasteiger partial charge in [-0.25, -0.2) is 9.59 Å². The largest absolute Gasteiger partial charge is 0.465 e. The maximum atomic E-state index is 13.5. The molecular formula is C33H23NO4. The van der Waals surface area contributed by atoms with E-state index in [1.165, 1.54) is 7.11 Å². The third kappa shape index (κ3) is 4.10. The summed E-state index contributed by atoms with van der Waals surface area (Å²) in [5, 5.41) is 2.00. The monoisotopic (exact) mass is 497 g/mol. The highest BCUT2D eigenvalue weighted by Gasteiger charge is 2.23. The average molecular weight is 498 g/mol. The van der Waals surface area contributed by atoms with Crippen LogP contribution in [0.1, 0.15) is 20.7 Å². The van der Waals surface area contributed by atoms with Crippen LogP contribution in [0.15, 0.2) is 115 Å². The van der Waals surface area contributed by atoms with Crippen LogP contribution in [-0.4, -0.2) is 24.0 Å². The van der Waals surface area contributed by atoms with Gasteiger partial charge < -0.3 is 14.5 Å². The van der Waals surface area contributed by atoms with Crippen LogP contribution in [0.3, 0.4) is 0 Å². The molecule has 0 bridgehead atoms. The zero-order valence-electron chi connectivity index (χ0n) is 20.6. The molecule has 0 saturated heterocycles. The summed E-state index contributed by atoms with van der Waals surface area (Å²) < 4.78 is 11.0. The van der Waals surface area contributed by atoms with E-state index in [-0.39, 0.29) is 0 Å². The Bertz CT molecular complexity index is 1790. The molecule has 0 spiro atoms. The maximum Gasteiger partial charge on any atom is 0.343 e. The first-order valence-electron chi connectivity index (χ1n) is 12.2. The number of carbonyl (C=O) groups is 2. The molecule has 0 aliphatic rings. The normalized spacial score (nSPS) is 11.0. The number of hydrogen-bond donors (Lipinski definition) is 1. The van der Waals surface area contributed by atoms with E-state index in [1.807, 2.05) is 66.7 Å². The summed E-state index contributed by atoms with van der Waals surface area (Å²) in [6, 6.07) is 36.5. The number of benzene rings is 5. The Morgan fingerprint density at radius 1 is 0.632 bits per heavy atom. The van der Waals surface area contributed by atoms with E-state index in [2.05, 4.69) is 29.2 Å². The summed E-state index contributed by atoms with van der Waals surface area (Å²) in [6.07, 6.45) is 0. The van der Waals surface area contributed by atoms with Crippen LogP contribution in [0.2, 0.25) is 0 Å². The molecule has 1 heterocycles. The second kappa shape index (κ2) is 9.71. The van der Waals surface area contributed by atoms with Gasteiger partial charge >= 0.3 is 11.9 Å². The number of aromatic amines is 1. The van der Waals surface area contributed by atoms with Crippen molar-refractivity contribution in [2.75, 3.05) is 7.11 Å². The number of hydrogen-bond acceptors (Lipinski definition) is 4. The van der Waals surface area contributed by atoms with Gasteiger partial charge in [-0.15, -0.1) is 0 Å². The molecule has 0 aliphatic heterocycles. The lowest BCUT2D eigenvalue weighted by molar-refractivity contribution is 0.0599. The predicted molar refractivity (Wildman–Crippen MR) is 149 cm³/mol. The lowest BCUT2D eigenvalue weighted by Gasteiger charge is -2.17. The number of carbonyl (C=O) groups excluding carboxylic acids is 2. The fourth-order valence-corrected chi connectivity index (χ4v) is 4.81. The molecule has 6 rings (SSSR count). The van der Waals surface area contributed by atoms with E-state index < -0.39 is 11.9 Å². The Balaban J connectivity index is 1.60. The molecule has 0 radical (unpaired) electrons. The fraction of sp³-hybridized carbons (Fsp3) is 0.0303. The van der Waals surface area contributed by atoms with Gasteiger partial charge in [0.1, 0.15) is 0 Å². The molecule has 0 fully saturated rings. The number of para-hydroxylation sites is 1. The number of methoxy groups -OCH3 is 1. The zero-order chi connectivity index (χ0) is 26.1. The Kier molecular flexibility index (Phi) is 5.94. The number of esters is 2. The van der Waals surface area contributed by atoms with Crippen molar-refractivity contribution in [3.05, 3.63) is 126 Å². The maximum absolute atomic E-state index is 13.5. The highest BCUT2D eigenvalue weighted by Crippen LogP contribution is 2.46. The van der Waals surface area contributed by atoms with E-state index in [0.29, 0.717) is 16.9 Å². The molecule has 38 heavy (non-hydrogen) atoms. The van der Waals surface area contributed by atoms with Gasteiger partial charge in [0.05, 0.1) is 23.8 Å². The van der Waals surface area contributed by atoms with Crippen molar-refractivity contribution in [1.29, 1.82) is 0 Å². The van der Waals surface area contributed by atoms with Crippen LogP contribution in [0.5, 0.6) is 5.75 Å². The van der Waals surface area contributed by atoms with Crippen molar-refractivity contribution in [2.45, 2.75) is 0 Å². The van der Waals surface area contributed by atoms with E-state index in [0.717, 1.165) is 44.1 Å². The van der Waals surface area contributed by atoms with Crippen molar-refractivity contribution in [3.63, 3.8) is 0 Å². The number of aromatic nitrogens is 1. The zero-order valence-corrected chi connectivity index (χ0v) is 20.6. The number of nitrogens with one attached hydrogen (secondary N) is 1. The molecule has 5 heteroatoms. The molecule has 1 N–H and O–H groups in total. The standard InChI is InChI=1S/C33H23NO4/c1-37-32(35)23-16-18-24(19-17-23)33(36)38-31-29(22-12-6-3-7-13-22)26(21-10-4-2-5-11-21)20-27-25-14-8-9-15-28(25)34-30(27)31/h2-20,34H,1H3. The van der Waals surface area contributed by atoms with Crippen molar-refractivity contribution >= 4 is 33.7 Å². The minimum absolute atomic E-state index is 0.325. The van der Waals surface area contributed by atoms with Gasteiger partial charge in [-0.1, -0.05) is 78.9 Å². The molecule has 5 aromatic carbocycles. The third-order valence-corrected chi connectivity index (χ3v) is 6.64. The molecule has 0 unspecified atom stereocenters. The highest BCUT2D eigenvalue weighted by molar-refractivity contribution is 6.15. The first kappa shape index (κ1) is 23.3. The van der Waals surface area contributed by atoms with Crippen LogP contribution in [-0.2, 0) is 4.74 Å². The van der Waals surface area contributed by atoms with Crippen LogP contribution < -0.4 is 4.74 Å². The van der Waals surface area contributed by atoms with Gasteiger partial charge in [0.2, 0.25) is 0 Å². The molecule has 5 nitrogen and oxygen atoms in total. The number of fused-ring (bicyclic) bond motifs is 3. The predicted octanol–water partition coefficient (Wildman–Crippen LogP) is 7.66. The summed E-state index contributed by atoms with van der Waals surface area (Å²) in [6.45, 7) is 0. The Morgan fingerprint density at radius 2 is 1.21 bits per heavy atom. The average Bonchev–Trinajstić information content (AvgIpc) is 3.36. The highest BCUT2D eigenvalue weighted by atomic mass is 16.5. The van der Waals surface area contributed by atoms with Gasteiger partial charge in [-0.3, -0.25) is 0 Å². The van der Waals surface area contributed by atoms with Gasteiger partial charge in [0.15, 0.2) is 5.75 Å². The van der Waals surface area contributed by atoms with Gasteiger partial charge in [-0.2, -0.15) is 0 Å². The van der Waals surface area contributed by atoms with Crippen molar-refractivity contribution < 1.29 is 19.1 Å². The quantitative estimate of drug-likeness (QED) is 0.196. The van der Waals surface area contributed by atoms with E-state index in [1.54, 1.807) is 24.3 Å². The van der Waals surface area contributed by atoms with Crippen LogP contribution >= 0.6 is 0 Å². The number of H-pyrrole nitrogens is 1. The topological polar surface area (TPSA) is 68.4 Å². The summed E-state index contributed by atoms with van der Waals surface area (Å²) in [4.78, 5) is 28.8. The first-order chi connectivity index (χ1) is 18.6. The Morgan fingerprint density at radius 3 is 1.87 bits per heavy atom. The minimum atomic E-state index is -0.524.